The average molecular weight is 342 g/mol. The van der Waals surface area contributed by atoms with Crippen molar-refractivity contribution in [2.24, 2.45) is 0 Å². The number of likely N-dealkylation sites (N-methyl/N-ethyl adjacent to an activating group) is 1. The first-order valence-corrected chi connectivity index (χ1v) is 8.64. The van der Waals surface area contributed by atoms with Crippen molar-refractivity contribution >= 4 is 5.91 Å². The van der Waals surface area contributed by atoms with Crippen LogP contribution in [0, 0.1) is 5.82 Å². The van der Waals surface area contributed by atoms with Gasteiger partial charge in [0.25, 0.3) is 0 Å². The largest absolute Gasteiger partial charge is 0.354 e. The molecule has 0 radical (unpaired) electrons. The van der Waals surface area contributed by atoms with Crippen molar-refractivity contribution in [1.29, 1.82) is 0 Å². The third-order valence-electron chi connectivity index (χ3n) is 4.61. The normalized spacial score (nSPS) is 12.9. The SMILES string of the molecule is CCN(C)C(C(=O)NCC(C)(C)c1ccccc1F)c1ccccc1. The van der Waals surface area contributed by atoms with Crippen LogP contribution in [0.25, 0.3) is 0 Å². The van der Waals surface area contributed by atoms with Crippen LogP contribution in [0.5, 0.6) is 0 Å². The molecule has 0 spiro atoms. The lowest BCUT2D eigenvalue weighted by atomic mass is 9.84. The molecule has 0 aromatic heterocycles. The van der Waals surface area contributed by atoms with Gasteiger partial charge < -0.3 is 5.32 Å². The van der Waals surface area contributed by atoms with Crippen LogP contribution in [-0.2, 0) is 10.2 Å². The van der Waals surface area contributed by atoms with E-state index in [1.165, 1.54) is 6.07 Å². The number of nitrogens with zero attached hydrogens (tertiary/aromatic N) is 1. The van der Waals surface area contributed by atoms with Crippen molar-refractivity contribution in [1.82, 2.24) is 10.2 Å². The highest BCUT2D eigenvalue weighted by atomic mass is 19.1. The maximum atomic E-state index is 14.1. The van der Waals surface area contributed by atoms with E-state index >= 15 is 0 Å². The van der Waals surface area contributed by atoms with Crippen LogP contribution >= 0.6 is 0 Å². The molecule has 0 saturated carbocycles. The molecule has 1 atom stereocenters. The van der Waals surface area contributed by atoms with Crippen LogP contribution in [0.15, 0.2) is 54.6 Å². The molecule has 2 aromatic rings. The molecule has 0 aliphatic carbocycles. The van der Waals surface area contributed by atoms with Gasteiger partial charge in [-0.3, -0.25) is 9.69 Å². The smallest absolute Gasteiger partial charge is 0.241 e. The van der Waals surface area contributed by atoms with Crippen LogP contribution in [-0.4, -0.2) is 30.9 Å². The predicted octanol–water partition coefficient (Wildman–Crippen LogP) is 3.91. The fraction of sp³-hybridized carbons (Fsp3) is 0.381. The third-order valence-corrected chi connectivity index (χ3v) is 4.61. The second-order valence-electron chi connectivity index (χ2n) is 6.97. The number of hydrogen-bond donors (Lipinski definition) is 1. The van der Waals surface area contributed by atoms with Crippen molar-refractivity contribution in [2.45, 2.75) is 32.2 Å². The highest BCUT2D eigenvalue weighted by molar-refractivity contribution is 5.83. The molecule has 0 aliphatic rings. The Balaban J connectivity index is 2.15. The molecule has 0 bridgehead atoms. The van der Waals surface area contributed by atoms with Gasteiger partial charge in [-0.1, -0.05) is 69.3 Å². The Bertz CT molecular complexity index is 700. The Morgan fingerprint density at radius 2 is 1.72 bits per heavy atom. The second kappa shape index (κ2) is 8.26. The lowest BCUT2D eigenvalue weighted by Gasteiger charge is -2.30. The van der Waals surface area contributed by atoms with E-state index < -0.39 is 5.41 Å². The molecule has 1 unspecified atom stereocenters. The molecule has 1 amide bonds. The summed E-state index contributed by atoms with van der Waals surface area (Å²) in [5.74, 6) is -0.313. The number of hydrogen-bond acceptors (Lipinski definition) is 2. The van der Waals surface area contributed by atoms with Gasteiger partial charge in [0.2, 0.25) is 5.91 Å². The van der Waals surface area contributed by atoms with E-state index in [1.54, 1.807) is 12.1 Å². The van der Waals surface area contributed by atoms with E-state index in [0.717, 1.165) is 12.1 Å². The molecule has 3 nitrogen and oxygen atoms in total. The molecule has 2 aromatic carbocycles. The van der Waals surface area contributed by atoms with Crippen LogP contribution in [0.3, 0.4) is 0 Å². The van der Waals surface area contributed by atoms with Crippen LogP contribution in [0.2, 0.25) is 0 Å². The fourth-order valence-electron chi connectivity index (χ4n) is 2.93. The van der Waals surface area contributed by atoms with Gasteiger partial charge in [-0.2, -0.15) is 0 Å². The zero-order valence-corrected chi connectivity index (χ0v) is 15.4. The molecule has 4 heteroatoms. The Morgan fingerprint density at radius 3 is 2.32 bits per heavy atom. The van der Waals surface area contributed by atoms with Crippen LogP contribution in [0.4, 0.5) is 4.39 Å². The number of nitrogens with one attached hydrogen (secondary N) is 1. The average Bonchev–Trinajstić information content (AvgIpc) is 2.61. The summed E-state index contributed by atoms with van der Waals surface area (Å²) in [7, 11) is 1.93. The van der Waals surface area contributed by atoms with Crippen molar-refractivity contribution in [3.63, 3.8) is 0 Å². The highest BCUT2D eigenvalue weighted by Crippen LogP contribution is 2.26. The number of benzene rings is 2. The molecular weight excluding hydrogens is 315 g/mol. The molecule has 0 saturated heterocycles. The van der Waals surface area contributed by atoms with Crippen molar-refractivity contribution in [3.05, 3.63) is 71.5 Å². The van der Waals surface area contributed by atoms with E-state index in [4.69, 9.17) is 0 Å². The summed E-state index contributed by atoms with van der Waals surface area (Å²) in [5, 5.41) is 3.02. The second-order valence-corrected chi connectivity index (χ2v) is 6.97. The minimum absolute atomic E-state index is 0.0695. The molecule has 1 N–H and O–H groups in total. The summed E-state index contributed by atoms with van der Waals surface area (Å²) in [6.45, 7) is 7.02. The number of halogens is 1. The van der Waals surface area contributed by atoms with Crippen molar-refractivity contribution in [2.75, 3.05) is 20.1 Å². The van der Waals surface area contributed by atoms with E-state index in [9.17, 15) is 9.18 Å². The summed E-state index contributed by atoms with van der Waals surface area (Å²) in [6, 6.07) is 16.1. The monoisotopic (exact) mass is 342 g/mol. The number of carbonyl (C=O) groups is 1. The molecule has 25 heavy (non-hydrogen) atoms. The van der Waals surface area contributed by atoms with E-state index in [1.807, 2.05) is 69.1 Å². The minimum Gasteiger partial charge on any atom is -0.354 e. The first-order chi connectivity index (χ1) is 11.9. The zero-order chi connectivity index (χ0) is 18.4. The lowest BCUT2D eigenvalue weighted by molar-refractivity contribution is -0.126. The Labute approximate surface area is 149 Å². The summed E-state index contributed by atoms with van der Waals surface area (Å²) in [5.41, 5.74) is 1.07. The molecular formula is C21H27FN2O. The summed E-state index contributed by atoms with van der Waals surface area (Å²) >= 11 is 0. The molecule has 0 aliphatic heterocycles. The summed E-state index contributed by atoms with van der Waals surface area (Å²) in [6.07, 6.45) is 0. The number of amides is 1. The van der Waals surface area contributed by atoms with Gasteiger partial charge in [0.05, 0.1) is 0 Å². The van der Waals surface area contributed by atoms with Gasteiger partial charge in [-0.25, -0.2) is 4.39 Å². The highest BCUT2D eigenvalue weighted by Gasteiger charge is 2.28. The van der Waals surface area contributed by atoms with Crippen molar-refractivity contribution in [3.8, 4) is 0 Å². The Morgan fingerprint density at radius 1 is 1.12 bits per heavy atom. The van der Waals surface area contributed by atoms with Gasteiger partial charge in [-0.05, 0) is 30.8 Å². The number of carbonyl (C=O) groups excluding carboxylic acids is 1. The fourth-order valence-corrected chi connectivity index (χ4v) is 2.93. The molecule has 0 heterocycles. The van der Waals surface area contributed by atoms with E-state index in [-0.39, 0.29) is 17.8 Å². The third kappa shape index (κ3) is 4.67. The van der Waals surface area contributed by atoms with Gasteiger partial charge in [-0.15, -0.1) is 0 Å². The van der Waals surface area contributed by atoms with Crippen molar-refractivity contribution < 1.29 is 9.18 Å². The lowest BCUT2D eigenvalue weighted by Crippen LogP contribution is -2.43. The zero-order valence-electron chi connectivity index (χ0n) is 15.4. The Kier molecular flexibility index (Phi) is 6.32. The maximum Gasteiger partial charge on any atom is 0.241 e. The quantitative estimate of drug-likeness (QED) is 0.827. The topological polar surface area (TPSA) is 32.3 Å². The number of rotatable bonds is 7. The van der Waals surface area contributed by atoms with E-state index in [2.05, 4.69) is 5.32 Å². The molecule has 2 rings (SSSR count). The minimum atomic E-state index is -0.493. The van der Waals surface area contributed by atoms with Gasteiger partial charge in [0, 0.05) is 12.0 Å². The van der Waals surface area contributed by atoms with Gasteiger partial charge >= 0.3 is 0 Å². The van der Waals surface area contributed by atoms with Crippen LogP contribution in [0.1, 0.15) is 37.9 Å². The van der Waals surface area contributed by atoms with Gasteiger partial charge in [0.1, 0.15) is 11.9 Å². The molecule has 0 fully saturated rings. The van der Waals surface area contributed by atoms with Gasteiger partial charge in [0.15, 0.2) is 0 Å². The standard InChI is InChI=1S/C21H27FN2O/c1-5-24(4)19(16-11-7-6-8-12-16)20(25)23-15-21(2,3)17-13-9-10-14-18(17)22/h6-14,19H,5,15H2,1-4H3,(H,23,25). The predicted molar refractivity (Wildman–Crippen MR) is 99.9 cm³/mol. The Hall–Kier alpha value is -2.20. The maximum absolute atomic E-state index is 14.1. The first-order valence-electron chi connectivity index (χ1n) is 8.64. The van der Waals surface area contributed by atoms with E-state index in [0.29, 0.717) is 12.1 Å². The van der Waals surface area contributed by atoms with Crippen LogP contribution < -0.4 is 5.32 Å². The summed E-state index contributed by atoms with van der Waals surface area (Å²) in [4.78, 5) is 14.9. The molecule has 134 valence electrons. The summed E-state index contributed by atoms with van der Waals surface area (Å²) < 4.78 is 14.1. The first kappa shape index (κ1) is 19.1.